The number of para-hydroxylation sites is 2. The maximum Gasteiger partial charge on any atom is 0.292 e. The van der Waals surface area contributed by atoms with Gasteiger partial charge in [0, 0.05) is 19.2 Å². The fourth-order valence-corrected chi connectivity index (χ4v) is 1.40. The van der Waals surface area contributed by atoms with Gasteiger partial charge in [0.05, 0.1) is 11.0 Å². The summed E-state index contributed by atoms with van der Waals surface area (Å²) in [4.78, 5) is 10.4. The lowest BCUT2D eigenvalue weighted by Gasteiger charge is -2.09. The maximum absolute atomic E-state index is 10.7. The first-order chi connectivity index (χ1) is 8.11. The smallest absolute Gasteiger partial charge is 0.292 e. The number of rotatable bonds is 7. The second-order valence-corrected chi connectivity index (χ2v) is 3.97. The molecule has 94 valence electrons. The quantitative estimate of drug-likeness (QED) is 0.450. The molecule has 0 atom stereocenters. The third-order valence-electron chi connectivity index (χ3n) is 2.19. The van der Waals surface area contributed by atoms with E-state index in [-0.39, 0.29) is 16.7 Å². The molecule has 0 saturated heterocycles. The summed E-state index contributed by atoms with van der Waals surface area (Å²) in [7, 11) is 0. The lowest BCUT2D eigenvalue weighted by atomic mass is 10.2. The van der Waals surface area contributed by atoms with E-state index >= 15 is 0 Å². The number of nitrogens with one attached hydrogen (secondary N) is 1. The van der Waals surface area contributed by atoms with Crippen molar-refractivity contribution in [1.82, 2.24) is 0 Å². The summed E-state index contributed by atoms with van der Waals surface area (Å²) >= 11 is 0. The molecule has 0 aliphatic heterocycles. The Kier molecular flexibility index (Phi) is 5.42. The molecule has 0 aromatic heterocycles. The van der Waals surface area contributed by atoms with Gasteiger partial charge in [-0.15, -0.1) is 0 Å². The monoisotopic (exact) mass is 238 g/mol. The van der Waals surface area contributed by atoms with Crippen molar-refractivity contribution in [2.45, 2.75) is 26.4 Å². The molecule has 1 N–H and O–H groups in total. The third-order valence-corrected chi connectivity index (χ3v) is 2.19. The Balaban J connectivity index is 2.39. The van der Waals surface area contributed by atoms with Gasteiger partial charge in [0.1, 0.15) is 5.69 Å². The molecule has 0 heterocycles. The van der Waals surface area contributed by atoms with Crippen LogP contribution in [-0.2, 0) is 4.74 Å². The van der Waals surface area contributed by atoms with Crippen LogP contribution in [0.2, 0.25) is 0 Å². The molecule has 0 fully saturated rings. The Morgan fingerprint density at radius 2 is 2.12 bits per heavy atom. The maximum atomic E-state index is 10.7. The number of nitro groups is 1. The normalized spacial score (nSPS) is 10.5. The van der Waals surface area contributed by atoms with Crippen LogP contribution in [0.25, 0.3) is 0 Å². The SMILES string of the molecule is CC(C)OCCCNc1ccccc1[N+](=O)[O-]. The highest BCUT2D eigenvalue weighted by atomic mass is 16.6. The van der Waals surface area contributed by atoms with E-state index in [1.54, 1.807) is 18.2 Å². The van der Waals surface area contributed by atoms with E-state index in [0.29, 0.717) is 18.8 Å². The van der Waals surface area contributed by atoms with Crippen LogP contribution in [0.1, 0.15) is 20.3 Å². The molecular weight excluding hydrogens is 220 g/mol. The highest BCUT2D eigenvalue weighted by Gasteiger charge is 2.10. The van der Waals surface area contributed by atoms with Crippen molar-refractivity contribution in [2.24, 2.45) is 0 Å². The van der Waals surface area contributed by atoms with Gasteiger partial charge in [-0.25, -0.2) is 0 Å². The van der Waals surface area contributed by atoms with Gasteiger partial charge in [-0.05, 0) is 26.3 Å². The first kappa shape index (κ1) is 13.4. The Morgan fingerprint density at radius 1 is 1.41 bits per heavy atom. The van der Waals surface area contributed by atoms with E-state index in [2.05, 4.69) is 5.32 Å². The van der Waals surface area contributed by atoms with Crippen LogP contribution in [0, 0.1) is 10.1 Å². The lowest BCUT2D eigenvalue weighted by Crippen LogP contribution is -2.10. The molecule has 0 amide bonds. The van der Waals surface area contributed by atoms with Crippen LogP contribution >= 0.6 is 0 Å². The van der Waals surface area contributed by atoms with Crippen LogP contribution in [0.3, 0.4) is 0 Å². The van der Waals surface area contributed by atoms with Gasteiger partial charge in [0.15, 0.2) is 0 Å². The van der Waals surface area contributed by atoms with Crippen LogP contribution in [0.4, 0.5) is 11.4 Å². The zero-order valence-corrected chi connectivity index (χ0v) is 10.2. The summed E-state index contributed by atoms with van der Waals surface area (Å²) in [5, 5.41) is 13.8. The predicted molar refractivity (Wildman–Crippen MR) is 67.3 cm³/mol. The van der Waals surface area contributed by atoms with E-state index in [9.17, 15) is 10.1 Å². The largest absolute Gasteiger partial charge is 0.379 e. The number of anilines is 1. The summed E-state index contributed by atoms with van der Waals surface area (Å²) in [5.41, 5.74) is 0.666. The van der Waals surface area contributed by atoms with Crippen LogP contribution in [0.5, 0.6) is 0 Å². The Hall–Kier alpha value is -1.62. The van der Waals surface area contributed by atoms with Gasteiger partial charge in [-0.3, -0.25) is 10.1 Å². The molecule has 0 spiro atoms. The van der Waals surface area contributed by atoms with Crippen molar-refractivity contribution in [3.8, 4) is 0 Å². The second-order valence-electron chi connectivity index (χ2n) is 3.97. The minimum absolute atomic E-state index is 0.109. The lowest BCUT2D eigenvalue weighted by molar-refractivity contribution is -0.384. The Labute approximate surface area is 101 Å². The van der Waals surface area contributed by atoms with Crippen molar-refractivity contribution < 1.29 is 9.66 Å². The molecule has 0 radical (unpaired) electrons. The highest BCUT2D eigenvalue weighted by molar-refractivity contribution is 5.60. The van der Waals surface area contributed by atoms with Crippen LogP contribution in [0.15, 0.2) is 24.3 Å². The van der Waals surface area contributed by atoms with Crippen molar-refractivity contribution in [3.05, 3.63) is 34.4 Å². The van der Waals surface area contributed by atoms with E-state index in [1.807, 2.05) is 13.8 Å². The van der Waals surface area contributed by atoms with Crippen molar-refractivity contribution in [2.75, 3.05) is 18.5 Å². The zero-order chi connectivity index (χ0) is 12.7. The molecule has 17 heavy (non-hydrogen) atoms. The first-order valence-electron chi connectivity index (χ1n) is 5.70. The summed E-state index contributed by atoms with van der Waals surface area (Å²) in [6.45, 7) is 5.29. The molecule has 0 bridgehead atoms. The minimum atomic E-state index is -0.382. The fraction of sp³-hybridized carbons (Fsp3) is 0.500. The summed E-state index contributed by atoms with van der Waals surface area (Å²) < 4.78 is 5.38. The molecule has 0 saturated carbocycles. The second kappa shape index (κ2) is 6.85. The molecule has 0 aliphatic carbocycles. The van der Waals surface area contributed by atoms with E-state index in [0.717, 1.165) is 6.42 Å². The molecule has 1 aromatic carbocycles. The Morgan fingerprint density at radius 3 is 2.76 bits per heavy atom. The van der Waals surface area contributed by atoms with Gasteiger partial charge in [0.2, 0.25) is 0 Å². The number of nitrogens with zero attached hydrogens (tertiary/aromatic N) is 1. The molecular formula is C12H18N2O3. The third kappa shape index (κ3) is 4.82. The van der Waals surface area contributed by atoms with Gasteiger partial charge >= 0.3 is 0 Å². The van der Waals surface area contributed by atoms with Crippen LogP contribution < -0.4 is 5.32 Å². The van der Waals surface area contributed by atoms with Crippen LogP contribution in [-0.4, -0.2) is 24.2 Å². The van der Waals surface area contributed by atoms with Gasteiger partial charge < -0.3 is 10.1 Å². The zero-order valence-electron chi connectivity index (χ0n) is 10.2. The number of benzene rings is 1. The van der Waals surface area contributed by atoms with Gasteiger partial charge in [-0.1, -0.05) is 12.1 Å². The summed E-state index contributed by atoms with van der Waals surface area (Å²) in [6, 6.07) is 6.64. The summed E-state index contributed by atoms with van der Waals surface area (Å²) in [5.74, 6) is 0. The first-order valence-corrected chi connectivity index (χ1v) is 5.70. The molecule has 5 heteroatoms. The predicted octanol–water partition coefficient (Wildman–Crippen LogP) is 2.82. The number of hydrogen-bond acceptors (Lipinski definition) is 4. The van der Waals surface area contributed by atoms with Crippen molar-refractivity contribution in [1.29, 1.82) is 0 Å². The number of nitro benzene ring substituents is 1. The average Bonchev–Trinajstić information content (AvgIpc) is 2.28. The van der Waals surface area contributed by atoms with Gasteiger partial charge in [-0.2, -0.15) is 0 Å². The van der Waals surface area contributed by atoms with Crippen molar-refractivity contribution in [3.63, 3.8) is 0 Å². The van der Waals surface area contributed by atoms with E-state index in [1.165, 1.54) is 6.07 Å². The van der Waals surface area contributed by atoms with E-state index in [4.69, 9.17) is 4.74 Å². The molecule has 0 aliphatic rings. The van der Waals surface area contributed by atoms with E-state index < -0.39 is 0 Å². The fourth-order valence-electron chi connectivity index (χ4n) is 1.40. The average molecular weight is 238 g/mol. The summed E-state index contributed by atoms with van der Waals surface area (Å²) in [6.07, 6.45) is 1.05. The Bertz CT molecular complexity index is 367. The highest BCUT2D eigenvalue weighted by Crippen LogP contribution is 2.22. The van der Waals surface area contributed by atoms with Crippen molar-refractivity contribution >= 4 is 11.4 Å². The number of hydrogen-bond donors (Lipinski definition) is 1. The van der Waals surface area contributed by atoms with Gasteiger partial charge in [0.25, 0.3) is 5.69 Å². The number of ether oxygens (including phenoxy) is 1. The topological polar surface area (TPSA) is 64.4 Å². The minimum Gasteiger partial charge on any atom is -0.379 e. The molecule has 1 aromatic rings. The molecule has 1 rings (SSSR count). The molecule has 0 unspecified atom stereocenters. The standard InChI is InChI=1S/C12H18N2O3/c1-10(2)17-9-5-8-13-11-6-3-4-7-12(11)14(15)16/h3-4,6-7,10,13H,5,8-9H2,1-2H3. The molecule has 5 nitrogen and oxygen atoms in total.